The van der Waals surface area contributed by atoms with Gasteiger partial charge in [-0.2, -0.15) is 0 Å². The van der Waals surface area contributed by atoms with Crippen LogP contribution >= 0.6 is 0 Å². The number of halogens is 1. The largest absolute Gasteiger partial charge is 0.442 e. The zero-order valence-corrected chi connectivity index (χ0v) is 22.2. The van der Waals surface area contributed by atoms with Gasteiger partial charge in [0.05, 0.1) is 12.2 Å². The van der Waals surface area contributed by atoms with Crippen molar-refractivity contribution >= 4 is 17.7 Å². The fourth-order valence-electron chi connectivity index (χ4n) is 4.86. The van der Waals surface area contributed by atoms with Gasteiger partial charge in [0.2, 0.25) is 0 Å². The molecule has 2 rings (SSSR count). The molecule has 0 spiro atoms. The van der Waals surface area contributed by atoms with Crippen molar-refractivity contribution in [3.05, 3.63) is 52.9 Å². The zero-order valence-electron chi connectivity index (χ0n) is 22.2. The van der Waals surface area contributed by atoms with Crippen LogP contribution in [0.25, 0.3) is 0 Å². The number of nitrogens with two attached hydrogens (primary N) is 1. The second-order valence-electron chi connectivity index (χ2n) is 10.2. The number of primary amides is 1. The highest BCUT2D eigenvalue weighted by Gasteiger charge is 2.28. The molecule has 0 saturated carbocycles. The number of ether oxygens (including phenoxy) is 2. The number of aliphatic hydroxyl groups is 1. The highest BCUT2D eigenvalue weighted by molar-refractivity contribution is 6.03. The number of aliphatic hydroxyl groups excluding tert-OH is 1. The molecule has 1 aliphatic rings. The summed E-state index contributed by atoms with van der Waals surface area (Å²) in [4.78, 5) is 24.3. The Morgan fingerprint density at radius 3 is 2.53 bits per heavy atom. The van der Waals surface area contributed by atoms with Crippen molar-refractivity contribution < 1.29 is 28.6 Å². The first-order valence-electron chi connectivity index (χ1n) is 12.5. The lowest BCUT2D eigenvalue weighted by atomic mass is 9.87. The number of methoxy groups -OCH3 is 1. The van der Waals surface area contributed by atoms with E-state index in [0.29, 0.717) is 36.9 Å². The normalized spacial score (nSPS) is 29.1. The summed E-state index contributed by atoms with van der Waals surface area (Å²) in [6, 6.07) is 4.54. The highest BCUT2D eigenvalue weighted by atomic mass is 19.1. The number of anilines is 1. The Morgan fingerprint density at radius 2 is 1.89 bits per heavy atom. The monoisotopic (exact) mass is 504 g/mol. The van der Waals surface area contributed by atoms with E-state index in [9.17, 15) is 19.1 Å². The smallest absolute Gasteiger partial charge is 0.405 e. The van der Waals surface area contributed by atoms with Crippen LogP contribution in [-0.2, 0) is 20.7 Å². The van der Waals surface area contributed by atoms with Gasteiger partial charge >= 0.3 is 6.09 Å². The van der Waals surface area contributed by atoms with Gasteiger partial charge in [0, 0.05) is 24.3 Å². The summed E-state index contributed by atoms with van der Waals surface area (Å²) in [5, 5.41) is 13.8. The minimum absolute atomic E-state index is 0.0712. The maximum atomic E-state index is 14.3. The Morgan fingerprint density at radius 1 is 1.19 bits per heavy atom. The molecule has 8 heteroatoms. The zero-order chi connectivity index (χ0) is 27.0. The van der Waals surface area contributed by atoms with E-state index in [1.807, 2.05) is 39.8 Å². The molecule has 0 fully saturated rings. The van der Waals surface area contributed by atoms with E-state index in [1.165, 1.54) is 12.1 Å². The molecular weight excluding hydrogens is 463 g/mol. The van der Waals surface area contributed by atoms with Crippen LogP contribution in [0, 0.1) is 23.6 Å². The minimum atomic E-state index is -0.866. The third kappa shape index (κ3) is 8.75. The van der Waals surface area contributed by atoms with Crippen LogP contribution in [0.1, 0.15) is 59.4 Å². The van der Waals surface area contributed by atoms with Gasteiger partial charge in [0.25, 0.3) is 5.91 Å². The van der Waals surface area contributed by atoms with Gasteiger partial charge < -0.3 is 25.6 Å². The standard InChI is InChI=1S/C28H41FN2O5/c1-16-10-21-13-22(29)15-23(14-21)31-27(33)18(3)9-7-8-17(2)26(36-28(30)34)20(5)12-19(4)25(32)24(11-16)35-6/h9,12-17,19,24-26,32H,7-8,10-11H2,1-6H3,(H2,30,34)(H,31,33)/t16-,17+,19+,24+,25-,26-/m1/s1. The predicted octanol–water partition coefficient (Wildman–Crippen LogP) is 5.13. The lowest BCUT2D eigenvalue weighted by Crippen LogP contribution is -2.35. The molecule has 1 aromatic carbocycles. The van der Waals surface area contributed by atoms with Crippen molar-refractivity contribution in [2.45, 2.75) is 78.6 Å². The number of hydrogen-bond acceptors (Lipinski definition) is 5. The molecule has 4 N–H and O–H groups in total. The van der Waals surface area contributed by atoms with Gasteiger partial charge in [0.1, 0.15) is 11.9 Å². The number of allylic oxidation sites excluding steroid dienone is 1. The molecule has 7 nitrogen and oxygen atoms in total. The summed E-state index contributed by atoms with van der Waals surface area (Å²) in [6.07, 6.45) is 3.34. The van der Waals surface area contributed by atoms with E-state index >= 15 is 0 Å². The number of carbonyl (C=O) groups excluding carboxylic acids is 2. The van der Waals surface area contributed by atoms with Crippen LogP contribution in [0.5, 0.6) is 0 Å². The molecule has 2 amide bonds. The number of nitrogens with one attached hydrogen (secondary N) is 1. The number of hydrogen-bond donors (Lipinski definition) is 3. The molecule has 0 aliphatic carbocycles. The fraction of sp³-hybridized carbons (Fsp3) is 0.571. The van der Waals surface area contributed by atoms with Crippen LogP contribution < -0.4 is 11.1 Å². The first kappa shape index (κ1) is 29.5. The molecule has 200 valence electrons. The van der Waals surface area contributed by atoms with Crippen LogP contribution in [0.2, 0.25) is 0 Å². The highest BCUT2D eigenvalue weighted by Crippen LogP contribution is 2.27. The minimum Gasteiger partial charge on any atom is -0.442 e. The van der Waals surface area contributed by atoms with Gasteiger partial charge in [-0.25, -0.2) is 9.18 Å². The first-order valence-corrected chi connectivity index (χ1v) is 12.5. The van der Waals surface area contributed by atoms with Crippen molar-refractivity contribution in [1.82, 2.24) is 0 Å². The maximum Gasteiger partial charge on any atom is 0.405 e. The lowest BCUT2D eigenvalue weighted by Gasteiger charge is -2.29. The molecule has 1 aliphatic heterocycles. The van der Waals surface area contributed by atoms with Crippen LogP contribution in [0.4, 0.5) is 14.9 Å². The van der Waals surface area contributed by atoms with Gasteiger partial charge in [-0.05, 0) is 80.7 Å². The molecule has 1 aromatic rings. The number of rotatable bonds is 2. The van der Waals surface area contributed by atoms with E-state index in [0.717, 1.165) is 11.1 Å². The molecule has 2 bridgehead atoms. The number of fused-ring (bicyclic) bond motifs is 2. The van der Waals surface area contributed by atoms with Crippen molar-refractivity contribution in [2.75, 3.05) is 12.4 Å². The Labute approximate surface area is 213 Å². The molecule has 1 heterocycles. The summed E-state index contributed by atoms with van der Waals surface area (Å²) in [5.41, 5.74) is 7.80. The van der Waals surface area contributed by atoms with Gasteiger partial charge in [-0.3, -0.25) is 4.79 Å². The molecule has 6 atom stereocenters. The average molecular weight is 505 g/mol. The van der Waals surface area contributed by atoms with E-state index in [2.05, 4.69) is 5.32 Å². The van der Waals surface area contributed by atoms with E-state index in [1.54, 1.807) is 20.1 Å². The van der Waals surface area contributed by atoms with Crippen LogP contribution in [-0.4, -0.2) is 42.5 Å². The average Bonchev–Trinajstić information content (AvgIpc) is 2.78. The van der Waals surface area contributed by atoms with Crippen molar-refractivity contribution in [1.29, 1.82) is 0 Å². The maximum absolute atomic E-state index is 14.3. The summed E-state index contributed by atoms with van der Waals surface area (Å²) >= 11 is 0. The third-order valence-corrected chi connectivity index (χ3v) is 6.82. The second-order valence-corrected chi connectivity index (χ2v) is 10.2. The predicted molar refractivity (Wildman–Crippen MR) is 139 cm³/mol. The molecule has 0 aromatic heterocycles. The molecular formula is C28H41FN2O5. The molecule has 0 radical (unpaired) electrons. The first-order chi connectivity index (χ1) is 16.9. The Hall–Kier alpha value is -2.71. The van der Waals surface area contributed by atoms with Crippen molar-refractivity contribution in [3.63, 3.8) is 0 Å². The van der Waals surface area contributed by atoms with Gasteiger partial charge in [-0.1, -0.05) is 32.9 Å². The van der Waals surface area contributed by atoms with Crippen molar-refractivity contribution in [3.8, 4) is 0 Å². The topological polar surface area (TPSA) is 111 Å². The number of amides is 2. The summed E-state index contributed by atoms with van der Waals surface area (Å²) in [6.45, 7) is 9.42. The van der Waals surface area contributed by atoms with Crippen LogP contribution in [0.3, 0.4) is 0 Å². The second kappa shape index (κ2) is 13.6. The van der Waals surface area contributed by atoms with Crippen LogP contribution in [0.15, 0.2) is 41.5 Å². The third-order valence-electron chi connectivity index (χ3n) is 6.82. The summed E-state index contributed by atoms with van der Waals surface area (Å²) < 4.78 is 25.4. The van der Waals surface area contributed by atoms with E-state index in [4.69, 9.17) is 15.2 Å². The van der Waals surface area contributed by atoms with E-state index in [-0.39, 0.29) is 23.7 Å². The van der Waals surface area contributed by atoms with E-state index < -0.39 is 30.2 Å². The summed E-state index contributed by atoms with van der Waals surface area (Å²) in [5.74, 6) is -1.02. The van der Waals surface area contributed by atoms with Crippen molar-refractivity contribution in [2.24, 2.45) is 23.5 Å². The Kier molecular flexibility index (Phi) is 11.1. The quantitative estimate of drug-likeness (QED) is 0.484. The molecule has 0 saturated heterocycles. The Balaban J connectivity index is 2.43. The number of benzene rings is 1. The lowest BCUT2D eigenvalue weighted by molar-refractivity contribution is -0.112. The van der Waals surface area contributed by atoms with Gasteiger partial charge in [0.15, 0.2) is 0 Å². The van der Waals surface area contributed by atoms with Gasteiger partial charge in [-0.15, -0.1) is 0 Å². The summed E-state index contributed by atoms with van der Waals surface area (Å²) in [7, 11) is 1.56. The number of carbonyl (C=O) groups is 2. The fourth-order valence-corrected chi connectivity index (χ4v) is 4.86. The molecule has 36 heavy (non-hydrogen) atoms. The Bertz CT molecular complexity index is 977. The molecule has 0 unspecified atom stereocenters. The SMILES string of the molecule is CO[C@H]1C[C@H](C)Cc2cc(F)cc(c2)NC(=O)C(C)=CCC[C@H](C)[C@@H](OC(N)=O)C(C)=C[C@H](C)[C@H]1O.